The fraction of sp³-hybridized carbons (Fsp3) is 0.381. The fourth-order valence-corrected chi connectivity index (χ4v) is 3.17. The highest BCUT2D eigenvalue weighted by atomic mass is 35.5. The number of likely N-dealkylation sites (tertiary alicyclic amines) is 1. The Hall–Kier alpha value is -2.24. The third-order valence-electron chi connectivity index (χ3n) is 4.65. The zero-order valence-corrected chi connectivity index (χ0v) is 16.2. The number of carbonyl (C=O) groups is 1. The van der Waals surface area contributed by atoms with Crippen LogP contribution in [0, 0.1) is 0 Å². The van der Waals surface area contributed by atoms with E-state index in [0.717, 1.165) is 37.1 Å². The van der Waals surface area contributed by atoms with Crippen LogP contribution in [0.5, 0.6) is 11.5 Å². The van der Waals surface area contributed by atoms with Gasteiger partial charge in [0.2, 0.25) is 0 Å². The van der Waals surface area contributed by atoms with Gasteiger partial charge < -0.3 is 20.1 Å². The molecule has 1 saturated heterocycles. The van der Waals surface area contributed by atoms with E-state index in [-0.39, 0.29) is 31.0 Å². The SMILES string of the molecule is Cl.NCC1CCCCN1C(=O)COc1ccc(OCc2ccccc2)cc1. The lowest BCUT2D eigenvalue weighted by Gasteiger charge is -2.34. The van der Waals surface area contributed by atoms with Crippen molar-refractivity contribution in [2.24, 2.45) is 5.73 Å². The number of nitrogens with zero attached hydrogens (tertiary/aromatic N) is 1. The Morgan fingerprint density at radius 2 is 1.67 bits per heavy atom. The van der Waals surface area contributed by atoms with Gasteiger partial charge in [0.15, 0.2) is 6.61 Å². The molecule has 0 radical (unpaired) electrons. The lowest BCUT2D eigenvalue weighted by Crippen LogP contribution is -2.49. The second-order valence-corrected chi connectivity index (χ2v) is 6.51. The molecule has 0 aliphatic carbocycles. The summed E-state index contributed by atoms with van der Waals surface area (Å²) in [5, 5.41) is 0. The van der Waals surface area contributed by atoms with E-state index in [0.29, 0.717) is 18.9 Å². The van der Waals surface area contributed by atoms with Gasteiger partial charge in [-0.05, 0) is 49.1 Å². The van der Waals surface area contributed by atoms with Crippen molar-refractivity contribution >= 4 is 18.3 Å². The Balaban J connectivity index is 0.00000261. The van der Waals surface area contributed by atoms with Crippen molar-refractivity contribution in [2.45, 2.75) is 31.9 Å². The maximum absolute atomic E-state index is 12.4. The van der Waals surface area contributed by atoms with Crippen LogP contribution in [-0.2, 0) is 11.4 Å². The van der Waals surface area contributed by atoms with Crippen molar-refractivity contribution in [3.05, 3.63) is 60.2 Å². The van der Waals surface area contributed by atoms with Crippen LogP contribution in [0.3, 0.4) is 0 Å². The van der Waals surface area contributed by atoms with Crippen molar-refractivity contribution in [1.29, 1.82) is 0 Å². The highest BCUT2D eigenvalue weighted by molar-refractivity contribution is 5.85. The molecule has 1 aliphatic heterocycles. The number of benzene rings is 2. The van der Waals surface area contributed by atoms with E-state index in [4.69, 9.17) is 15.2 Å². The molecule has 2 aromatic carbocycles. The molecule has 1 aliphatic rings. The van der Waals surface area contributed by atoms with Crippen LogP contribution in [0.2, 0.25) is 0 Å². The lowest BCUT2D eigenvalue weighted by atomic mass is 10.0. The molecule has 146 valence electrons. The van der Waals surface area contributed by atoms with Gasteiger partial charge in [0.05, 0.1) is 0 Å². The molecule has 2 N–H and O–H groups in total. The van der Waals surface area contributed by atoms with Crippen LogP contribution in [0.15, 0.2) is 54.6 Å². The molecule has 1 heterocycles. The number of carbonyl (C=O) groups excluding carboxylic acids is 1. The van der Waals surface area contributed by atoms with Crippen molar-refractivity contribution in [1.82, 2.24) is 4.90 Å². The average Bonchev–Trinajstić information content (AvgIpc) is 2.72. The third-order valence-corrected chi connectivity index (χ3v) is 4.65. The lowest BCUT2D eigenvalue weighted by molar-refractivity contribution is -0.136. The highest BCUT2D eigenvalue weighted by Crippen LogP contribution is 2.20. The third kappa shape index (κ3) is 6.15. The molecular formula is C21H27ClN2O3. The van der Waals surface area contributed by atoms with Gasteiger partial charge in [-0.15, -0.1) is 12.4 Å². The van der Waals surface area contributed by atoms with Gasteiger partial charge in [-0.1, -0.05) is 30.3 Å². The summed E-state index contributed by atoms with van der Waals surface area (Å²) in [5.41, 5.74) is 6.90. The predicted molar refractivity (Wildman–Crippen MR) is 108 cm³/mol. The molecular weight excluding hydrogens is 364 g/mol. The second kappa shape index (κ2) is 10.8. The number of ether oxygens (including phenoxy) is 2. The molecule has 2 aromatic rings. The van der Waals surface area contributed by atoms with Crippen molar-refractivity contribution in [3.8, 4) is 11.5 Å². The summed E-state index contributed by atoms with van der Waals surface area (Å²) in [4.78, 5) is 14.2. The van der Waals surface area contributed by atoms with Gasteiger partial charge in [0.1, 0.15) is 18.1 Å². The Morgan fingerprint density at radius 3 is 2.33 bits per heavy atom. The highest BCUT2D eigenvalue weighted by Gasteiger charge is 2.25. The number of piperidine rings is 1. The summed E-state index contributed by atoms with van der Waals surface area (Å²) >= 11 is 0. The number of nitrogens with two attached hydrogens (primary N) is 1. The Kier molecular flexibility index (Phi) is 8.43. The van der Waals surface area contributed by atoms with Gasteiger partial charge in [-0.25, -0.2) is 0 Å². The smallest absolute Gasteiger partial charge is 0.260 e. The largest absolute Gasteiger partial charge is 0.489 e. The van der Waals surface area contributed by atoms with Gasteiger partial charge >= 0.3 is 0 Å². The van der Waals surface area contributed by atoms with Gasteiger partial charge in [-0.3, -0.25) is 4.79 Å². The molecule has 1 fully saturated rings. The summed E-state index contributed by atoms with van der Waals surface area (Å²) in [6.07, 6.45) is 3.16. The second-order valence-electron chi connectivity index (χ2n) is 6.51. The van der Waals surface area contributed by atoms with Crippen molar-refractivity contribution in [3.63, 3.8) is 0 Å². The van der Waals surface area contributed by atoms with E-state index in [1.165, 1.54) is 0 Å². The minimum atomic E-state index is 0. The van der Waals surface area contributed by atoms with Crippen LogP contribution < -0.4 is 15.2 Å². The van der Waals surface area contributed by atoms with Crippen LogP contribution in [0.4, 0.5) is 0 Å². The molecule has 1 unspecified atom stereocenters. The van der Waals surface area contributed by atoms with Crippen LogP contribution in [-0.4, -0.2) is 36.5 Å². The van der Waals surface area contributed by atoms with E-state index in [1.54, 1.807) is 0 Å². The molecule has 1 atom stereocenters. The van der Waals surface area contributed by atoms with E-state index in [9.17, 15) is 4.79 Å². The van der Waals surface area contributed by atoms with E-state index in [1.807, 2.05) is 59.5 Å². The van der Waals surface area contributed by atoms with Crippen LogP contribution in [0.1, 0.15) is 24.8 Å². The molecule has 5 nitrogen and oxygen atoms in total. The van der Waals surface area contributed by atoms with Crippen LogP contribution in [0.25, 0.3) is 0 Å². The molecule has 0 saturated carbocycles. The van der Waals surface area contributed by atoms with Gasteiger partial charge in [0, 0.05) is 19.1 Å². The Labute approximate surface area is 166 Å². The van der Waals surface area contributed by atoms with Crippen LogP contribution >= 0.6 is 12.4 Å². The Bertz CT molecular complexity index is 694. The molecule has 0 aromatic heterocycles. The molecule has 3 rings (SSSR count). The quantitative estimate of drug-likeness (QED) is 0.786. The standard InChI is InChI=1S/C21H26N2O3.ClH/c22-14-18-8-4-5-13-23(18)21(24)16-26-20-11-9-19(10-12-20)25-15-17-6-2-1-3-7-17;/h1-3,6-7,9-12,18H,4-5,8,13-16,22H2;1H. The summed E-state index contributed by atoms with van der Waals surface area (Å²) in [6, 6.07) is 17.5. The zero-order valence-electron chi connectivity index (χ0n) is 15.4. The first kappa shape index (κ1) is 21.1. The Morgan fingerprint density at radius 1 is 1.00 bits per heavy atom. The molecule has 27 heavy (non-hydrogen) atoms. The van der Waals surface area contributed by atoms with Gasteiger partial charge in [0.25, 0.3) is 5.91 Å². The maximum atomic E-state index is 12.4. The van der Waals surface area contributed by atoms with E-state index >= 15 is 0 Å². The minimum Gasteiger partial charge on any atom is -0.489 e. The molecule has 6 heteroatoms. The summed E-state index contributed by atoms with van der Waals surface area (Å²) < 4.78 is 11.4. The first-order valence-corrected chi connectivity index (χ1v) is 9.15. The number of amides is 1. The van der Waals surface area contributed by atoms with E-state index in [2.05, 4.69) is 0 Å². The van der Waals surface area contributed by atoms with Crippen molar-refractivity contribution < 1.29 is 14.3 Å². The minimum absolute atomic E-state index is 0. The zero-order chi connectivity index (χ0) is 18.2. The average molecular weight is 391 g/mol. The molecule has 0 bridgehead atoms. The molecule has 0 spiro atoms. The summed E-state index contributed by atoms with van der Waals surface area (Å²) in [5.74, 6) is 1.43. The first-order chi connectivity index (χ1) is 12.8. The topological polar surface area (TPSA) is 64.8 Å². The normalized spacial score (nSPS) is 16.3. The number of halogens is 1. The van der Waals surface area contributed by atoms with Crippen molar-refractivity contribution in [2.75, 3.05) is 19.7 Å². The van der Waals surface area contributed by atoms with E-state index < -0.39 is 0 Å². The van der Waals surface area contributed by atoms with Gasteiger partial charge in [-0.2, -0.15) is 0 Å². The summed E-state index contributed by atoms with van der Waals surface area (Å²) in [6.45, 7) is 1.85. The number of hydrogen-bond acceptors (Lipinski definition) is 4. The number of hydrogen-bond donors (Lipinski definition) is 1. The predicted octanol–water partition coefficient (Wildman–Crippen LogP) is 3.41. The maximum Gasteiger partial charge on any atom is 0.260 e. The number of rotatable bonds is 7. The monoisotopic (exact) mass is 390 g/mol. The fourth-order valence-electron chi connectivity index (χ4n) is 3.17. The first-order valence-electron chi connectivity index (χ1n) is 9.15. The summed E-state index contributed by atoms with van der Waals surface area (Å²) in [7, 11) is 0. The molecule has 1 amide bonds.